The molecule has 0 N–H and O–H groups in total. The minimum Gasteiger partial charge on any atom is -0.275 e. The Morgan fingerprint density at radius 2 is 1.72 bits per heavy atom. The molecule has 6 nitrogen and oxygen atoms in total. The summed E-state index contributed by atoms with van der Waals surface area (Å²) in [5.41, 5.74) is 0.0406. The summed E-state index contributed by atoms with van der Waals surface area (Å²) in [6.07, 6.45) is -4.91. The van der Waals surface area contributed by atoms with Crippen molar-refractivity contribution in [3.63, 3.8) is 0 Å². The van der Waals surface area contributed by atoms with E-state index in [1.807, 2.05) is 6.92 Å². The highest BCUT2D eigenvalue weighted by atomic mass is 32.2. The topological polar surface area (TPSA) is 66.9 Å². The van der Waals surface area contributed by atoms with Gasteiger partial charge >= 0.3 is 6.18 Å². The minimum atomic E-state index is -4.68. The Bertz CT molecular complexity index is 960. The van der Waals surface area contributed by atoms with Gasteiger partial charge in [-0.2, -0.15) is 13.2 Å². The molecule has 2 aromatic rings. The molecule has 0 aliphatic rings. The summed E-state index contributed by atoms with van der Waals surface area (Å²) < 4.78 is 66.3. The highest BCUT2D eigenvalue weighted by Crippen LogP contribution is 2.32. The number of carbonyl (C=O) groups is 1. The Morgan fingerprint density at radius 3 is 2.28 bits per heavy atom. The molecular formula is C19H21F3N2O4S. The fraction of sp³-hybridized carbons (Fsp3) is 0.316. The van der Waals surface area contributed by atoms with Crippen LogP contribution in [0.2, 0.25) is 0 Å². The number of sulfonamides is 1. The van der Waals surface area contributed by atoms with Crippen molar-refractivity contribution in [1.29, 1.82) is 0 Å². The monoisotopic (exact) mass is 430 g/mol. The number of hydrogen-bond acceptors (Lipinski definition) is 4. The van der Waals surface area contributed by atoms with E-state index in [1.54, 1.807) is 12.1 Å². The number of carbonyl (C=O) groups excluding carboxylic acids is 1. The lowest BCUT2D eigenvalue weighted by Crippen LogP contribution is -2.36. The normalized spacial score (nSPS) is 11.9. The SMILES string of the molecule is CON(C)C(=O)CCN(c1ccc(C)cc1)S(=O)(=O)c1cccc(C(F)(F)F)c1. The molecule has 0 saturated heterocycles. The number of nitrogens with zero attached hydrogens (tertiary/aromatic N) is 2. The number of aryl methyl sites for hydroxylation is 1. The number of anilines is 1. The van der Waals surface area contributed by atoms with E-state index in [1.165, 1.54) is 26.3 Å². The van der Waals surface area contributed by atoms with E-state index in [9.17, 15) is 26.4 Å². The second-order valence-electron chi connectivity index (χ2n) is 6.26. The maximum Gasteiger partial charge on any atom is 0.416 e. The number of hydroxylamine groups is 2. The van der Waals surface area contributed by atoms with Gasteiger partial charge in [-0.25, -0.2) is 13.5 Å². The molecule has 0 atom stereocenters. The van der Waals surface area contributed by atoms with E-state index in [0.29, 0.717) is 6.07 Å². The first-order valence-corrected chi connectivity index (χ1v) is 9.98. The molecule has 2 aromatic carbocycles. The highest BCUT2D eigenvalue weighted by Gasteiger charge is 2.33. The van der Waals surface area contributed by atoms with Gasteiger partial charge in [-0.3, -0.25) is 13.9 Å². The van der Waals surface area contributed by atoms with Crippen molar-refractivity contribution in [2.75, 3.05) is 25.0 Å². The van der Waals surface area contributed by atoms with Crippen molar-refractivity contribution >= 4 is 21.6 Å². The first-order chi connectivity index (χ1) is 13.5. The van der Waals surface area contributed by atoms with Crippen LogP contribution in [0.4, 0.5) is 18.9 Å². The Hall–Kier alpha value is -2.59. The molecule has 0 aliphatic heterocycles. The molecule has 2 rings (SSSR count). The average molecular weight is 430 g/mol. The molecule has 0 spiro atoms. The second-order valence-corrected chi connectivity index (χ2v) is 8.12. The van der Waals surface area contributed by atoms with Gasteiger partial charge in [0, 0.05) is 20.0 Å². The first-order valence-electron chi connectivity index (χ1n) is 8.54. The molecule has 0 aromatic heterocycles. The molecule has 0 fully saturated rings. The Balaban J connectivity index is 2.46. The summed E-state index contributed by atoms with van der Waals surface area (Å²) in [6.45, 7) is 1.54. The second kappa shape index (κ2) is 8.83. The van der Waals surface area contributed by atoms with E-state index in [2.05, 4.69) is 0 Å². The third-order valence-corrected chi connectivity index (χ3v) is 6.05. The standard InChI is InChI=1S/C19H21F3N2O4S/c1-14-7-9-16(10-8-14)24(12-11-18(25)23(2)28-3)29(26,27)17-6-4-5-15(13-17)19(20,21)22/h4-10,13H,11-12H2,1-3H3. The van der Waals surface area contributed by atoms with Gasteiger partial charge in [0.2, 0.25) is 5.91 Å². The van der Waals surface area contributed by atoms with Crippen LogP contribution in [-0.4, -0.2) is 40.1 Å². The predicted molar refractivity (Wildman–Crippen MR) is 102 cm³/mol. The summed E-state index contributed by atoms with van der Waals surface area (Å²) in [7, 11) is -1.69. The molecule has 0 radical (unpaired) electrons. The van der Waals surface area contributed by atoms with Gasteiger partial charge in [-0.05, 0) is 37.3 Å². The zero-order valence-corrected chi connectivity index (χ0v) is 16.9. The van der Waals surface area contributed by atoms with E-state index < -0.39 is 32.6 Å². The van der Waals surface area contributed by atoms with E-state index in [0.717, 1.165) is 33.1 Å². The van der Waals surface area contributed by atoms with Crippen LogP contribution >= 0.6 is 0 Å². The van der Waals surface area contributed by atoms with Gasteiger partial charge < -0.3 is 0 Å². The van der Waals surface area contributed by atoms with Crippen LogP contribution in [0.3, 0.4) is 0 Å². The quantitative estimate of drug-likeness (QED) is 0.630. The predicted octanol–water partition coefficient (Wildman–Crippen LogP) is 3.62. The molecule has 0 unspecified atom stereocenters. The minimum absolute atomic E-state index is 0.226. The Labute approximate surface area is 167 Å². The van der Waals surface area contributed by atoms with Crippen LogP contribution in [0, 0.1) is 6.92 Å². The van der Waals surface area contributed by atoms with Crippen LogP contribution in [0.25, 0.3) is 0 Å². The van der Waals surface area contributed by atoms with E-state index >= 15 is 0 Å². The van der Waals surface area contributed by atoms with Crippen molar-refractivity contribution in [1.82, 2.24) is 5.06 Å². The van der Waals surface area contributed by atoms with Crippen molar-refractivity contribution in [2.45, 2.75) is 24.4 Å². The van der Waals surface area contributed by atoms with Gasteiger partial charge in [0.15, 0.2) is 0 Å². The number of amides is 1. The summed E-state index contributed by atoms with van der Waals surface area (Å²) in [4.78, 5) is 16.3. The van der Waals surface area contributed by atoms with Crippen LogP contribution in [0.15, 0.2) is 53.4 Å². The highest BCUT2D eigenvalue weighted by molar-refractivity contribution is 7.92. The number of halogens is 3. The molecule has 158 valence electrons. The third kappa shape index (κ3) is 5.48. The summed E-state index contributed by atoms with van der Waals surface area (Å²) in [6, 6.07) is 9.92. The lowest BCUT2D eigenvalue weighted by atomic mass is 10.2. The van der Waals surface area contributed by atoms with Crippen molar-refractivity contribution in [3.05, 3.63) is 59.7 Å². The lowest BCUT2D eigenvalue weighted by Gasteiger charge is -2.25. The van der Waals surface area contributed by atoms with Crippen molar-refractivity contribution < 1.29 is 31.2 Å². The molecule has 29 heavy (non-hydrogen) atoms. The summed E-state index contributed by atoms with van der Waals surface area (Å²) >= 11 is 0. The fourth-order valence-electron chi connectivity index (χ4n) is 2.52. The smallest absolute Gasteiger partial charge is 0.275 e. The maximum atomic E-state index is 13.2. The van der Waals surface area contributed by atoms with Crippen molar-refractivity contribution in [2.24, 2.45) is 0 Å². The van der Waals surface area contributed by atoms with Crippen LogP contribution in [0.5, 0.6) is 0 Å². The molecule has 0 saturated carbocycles. The van der Waals surface area contributed by atoms with E-state index in [-0.39, 0.29) is 18.7 Å². The van der Waals surface area contributed by atoms with Gasteiger partial charge in [-0.15, -0.1) is 0 Å². The number of benzene rings is 2. The number of hydrogen-bond donors (Lipinski definition) is 0. The summed E-state index contributed by atoms with van der Waals surface area (Å²) in [5.74, 6) is -0.483. The maximum absolute atomic E-state index is 13.2. The van der Waals surface area contributed by atoms with Crippen LogP contribution < -0.4 is 4.31 Å². The van der Waals surface area contributed by atoms with Gasteiger partial charge in [0.05, 0.1) is 23.3 Å². The molecule has 10 heteroatoms. The number of rotatable bonds is 7. The Kier molecular flexibility index (Phi) is 6.91. The van der Waals surface area contributed by atoms with Crippen LogP contribution in [-0.2, 0) is 25.8 Å². The first kappa shape index (κ1) is 22.7. The van der Waals surface area contributed by atoms with Gasteiger partial charge in [-0.1, -0.05) is 23.8 Å². The number of alkyl halides is 3. The van der Waals surface area contributed by atoms with E-state index in [4.69, 9.17) is 4.84 Å². The zero-order valence-electron chi connectivity index (χ0n) is 16.1. The van der Waals surface area contributed by atoms with Gasteiger partial charge in [0.1, 0.15) is 0 Å². The van der Waals surface area contributed by atoms with Crippen LogP contribution in [0.1, 0.15) is 17.5 Å². The average Bonchev–Trinajstić information content (AvgIpc) is 2.68. The van der Waals surface area contributed by atoms with Crippen molar-refractivity contribution in [3.8, 4) is 0 Å². The molecule has 0 bridgehead atoms. The zero-order chi connectivity index (χ0) is 21.8. The molecular weight excluding hydrogens is 409 g/mol. The molecule has 0 aliphatic carbocycles. The van der Waals surface area contributed by atoms with Gasteiger partial charge in [0.25, 0.3) is 10.0 Å². The largest absolute Gasteiger partial charge is 0.416 e. The summed E-state index contributed by atoms with van der Waals surface area (Å²) in [5, 5.41) is 0.949. The third-order valence-electron chi connectivity index (χ3n) is 4.23. The fourth-order valence-corrected chi connectivity index (χ4v) is 4.03. The molecule has 1 amide bonds. The lowest BCUT2D eigenvalue weighted by molar-refractivity contribution is -0.168. The molecule has 0 heterocycles. The Morgan fingerprint density at radius 1 is 1.10 bits per heavy atom.